The zero-order chi connectivity index (χ0) is 14.4. The molecule has 1 unspecified atom stereocenters. The quantitative estimate of drug-likeness (QED) is 0.728. The molecule has 0 radical (unpaired) electrons. The first-order chi connectivity index (χ1) is 10.2. The summed E-state index contributed by atoms with van der Waals surface area (Å²) in [5.74, 6) is 1.80. The van der Waals surface area contributed by atoms with Crippen LogP contribution < -0.4 is 10.1 Å². The molecule has 1 atom stereocenters. The molecule has 1 aromatic heterocycles. The van der Waals surface area contributed by atoms with Crippen LogP contribution in [0, 0.1) is 0 Å². The first-order valence-electron chi connectivity index (χ1n) is 6.84. The molecule has 5 heteroatoms. The van der Waals surface area contributed by atoms with E-state index in [2.05, 4.69) is 31.9 Å². The van der Waals surface area contributed by atoms with Gasteiger partial charge in [0.15, 0.2) is 11.9 Å². The summed E-state index contributed by atoms with van der Waals surface area (Å²) in [4.78, 5) is 4.72. The molecule has 4 nitrogen and oxygen atoms in total. The number of aromatic nitrogens is 2. The van der Waals surface area contributed by atoms with Gasteiger partial charge in [0.2, 0.25) is 0 Å². The van der Waals surface area contributed by atoms with Gasteiger partial charge >= 0.3 is 0 Å². The van der Waals surface area contributed by atoms with E-state index < -0.39 is 0 Å². The molecular weight excluding hydrogens is 330 g/mol. The van der Waals surface area contributed by atoms with Crippen molar-refractivity contribution in [1.29, 1.82) is 0 Å². The summed E-state index contributed by atoms with van der Waals surface area (Å²) in [6, 6.07) is 14.1. The number of ether oxygens (including phenoxy) is 1. The van der Waals surface area contributed by atoms with E-state index in [4.69, 9.17) is 9.72 Å². The molecule has 0 saturated heterocycles. The Kier molecular flexibility index (Phi) is 2.89. The summed E-state index contributed by atoms with van der Waals surface area (Å²) in [7, 11) is 2.03. The second-order valence-electron chi connectivity index (χ2n) is 5.15. The van der Waals surface area contributed by atoms with Gasteiger partial charge in [0.25, 0.3) is 0 Å². The van der Waals surface area contributed by atoms with Crippen molar-refractivity contribution in [3.05, 3.63) is 52.8 Å². The van der Waals surface area contributed by atoms with Crippen molar-refractivity contribution in [3.8, 4) is 5.75 Å². The maximum absolute atomic E-state index is 6.12. The molecule has 3 aromatic rings. The number of para-hydroxylation sites is 2. The average Bonchev–Trinajstić information content (AvgIpc) is 2.84. The Balaban J connectivity index is 1.74. The van der Waals surface area contributed by atoms with Gasteiger partial charge in [-0.3, -0.25) is 0 Å². The Labute approximate surface area is 130 Å². The Morgan fingerprint density at radius 1 is 1.29 bits per heavy atom. The van der Waals surface area contributed by atoms with Gasteiger partial charge in [0.05, 0.1) is 23.3 Å². The summed E-state index contributed by atoms with van der Waals surface area (Å²) in [6.45, 7) is 0.709. The van der Waals surface area contributed by atoms with E-state index in [1.807, 2.05) is 43.4 Å². The number of halogens is 1. The third kappa shape index (κ3) is 2.08. The lowest BCUT2D eigenvalue weighted by atomic mass is 10.2. The highest BCUT2D eigenvalue weighted by Gasteiger charge is 2.25. The lowest BCUT2D eigenvalue weighted by Gasteiger charge is -2.27. The Bertz CT molecular complexity index is 828. The zero-order valence-corrected chi connectivity index (χ0v) is 13.1. The minimum atomic E-state index is -0.0870. The summed E-state index contributed by atoms with van der Waals surface area (Å²) in [5, 5.41) is 3.42. The van der Waals surface area contributed by atoms with Crippen molar-refractivity contribution in [3.63, 3.8) is 0 Å². The predicted octanol–water partition coefficient (Wildman–Crippen LogP) is 3.88. The average molecular weight is 344 g/mol. The third-order valence-electron chi connectivity index (χ3n) is 3.80. The van der Waals surface area contributed by atoms with Crippen molar-refractivity contribution < 1.29 is 4.74 Å². The third-order valence-corrected chi connectivity index (χ3v) is 4.29. The molecular formula is C16H14BrN3O. The second kappa shape index (κ2) is 4.77. The largest absolute Gasteiger partial charge is 0.478 e. The minimum Gasteiger partial charge on any atom is -0.478 e. The van der Waals surface area contributed by atoms with Crippen LogP contribution in [0.3, 0.4) is 0 Å². The van der Waals surface area contributed by atoms with E-state index in [1.165, 1.54) is 0 Å². The summed E-state index contributed by atoms with van der Waals surface area (Å²) >= 11 is 3.47. The van der Waals surface area contributed by atoms with E-state index in [0.717, 1.165) is 32.8 Å². The number of aryl methyl sites for hydroxylation is 1. The van der Waals surface area contributed by atoms with Crippen molar-refractivity contribution in [1.82, 2.24) is 9.55 Å². The molecule has 0 bridgehead atoms. The van der Waals surface area contributed by atoms with Crippen LogP contribution in [0.15, 0.2) is 46.9 Å². The van der Waals surface area contributed by atoms with E-state index in [9.17, 15) is 0 Å². The van der Waals surface area contributed by atoms with Crippen LogP contribution in [0.1, 0.15) is 11.9 Å². The van der Waals surface area contributed by atoms with Crippen LogP contribution in [0.5, 0.6) is 5.75 Å². The van der Waals surface area contributed by atoms with Gasteiger partial charge in [-0.2, -0.15) is 0 Å². The van der Waals surface area contributed by atoms with Crippen LogP contribution in [0.2, 0.25) is 0 Å². The smallest absolute Gasteiger partial charge is 0.173 e. The molecule has 2 heterocycles. The van der Waals surface area contributed by atoms with Crippen LogP contribution in [-0.2, 0) is 7.05 Å². The maximum atomic E-state index is 6.12. The molecule has 2 aromatic carbocycles. The van der Waals surface area contributed by atoms with Gasteiger partial charge in [-0.25, -0.2) is 4.98 Å². The number of nitrogens with zero attached hydrogens (tertiary/aromatic N) is 2. The van der Waals surface area contributed by atoms with Crippen molar-refractivity contribution in [2.24, 2.45) is 7.05 Å². The molecule has 0 spiro atoms. The van der Waals surface area contributed by atoms with Gasteiger partial charge in [-0.1, -0.05) is 28.1 Å². The van der Waals surface area contributed by atoms with Crippen molar-refractivity contribution >= 4 is 32.7 Å². The van der Waals surface area contributed by atoms with Crippen LogP contribution in [0.25, 0.3) is 11.0 Å². The lowest BCUT2D eigenvalue weighted by molar-refractivity contribution is 0.197. The highest BCUT2D eigenvalue weighted by molar-refractivity contribution is 9.10. The van der Waals surface area contributed by atoms with E-state index in [1.54, 1.807) is 0 Å². The highest BCUT2D eigenvalue weighted by Crippen LogP contribution is 2.36. The molecule has 0 aliphatic carbocycles. The number of imidazole rings is 1. The van der Waals surface area contributed by atoms with Gasteiger partial charge in [0, 0.05) is 11.5 Å². The molecule has 0 saturated carbocycles. The number of anilines is 1. The van der Waals surface area contributed by atoms with Gasteiger partial charge < -0.3 is 14.6 Å². The Morgan fingerprint density at radius 3 is 3.00 bits per heavy atom. The zero-order valence-electron chi connectivity index (χ0n) is 11.5. The monoisotopic (exact) mass is 343 g/mol. The molecule has 1 aliphatic heterocycles. The van der Waals surface area contributed by atoms with E-state index in [-0.39, 0.29) is 6.10 Å². The summed E-state index contributed by atoms with van der Waals surface area (Å²) < 4.78 is 9.26. The molecule has 4 rings (SSSR count). The Hall–Kier alpha value is -2.01. The fourth-order valence-electron chi connectivity index (χ4n) is 2.74. The lowest BCUT2D eigenvalue weighted by Crippen LogP contribution is -2.25. The van der Waals surface area contributed by atoms with E-state index in [0.29, 0.717) is 6.54 Å². The maximum Gasteiger partial charge on any atom is 0.173 e. The number of benzene rings is 2. The van der Waals surface area contributed by atoms with E-state index >= 15 is 0 Å². The number of fused-ring (bicyclic) bond motifs is 2. The Morgan fingerprint density at radius 2 is 2.14 bits per heavy atom. The number of nitrogens with one attached hydrogen (secondary N) is 1. The van der Waals surface area contributed by atoms with Gasteiger partial charge in [-0.15, -0.1) is 0 Å². The minimum absolute atomic E-state index is 0.0870. The predicted molar refractivity (Wildman–Crippen MR) is 86.7 cm³/mol. The van der Waals surface area contributed by atoms with Gasteiger partial charge in [-0.05, 0) is 30.3 Å². The van der Waals surface area contributed by atoms with Crippen LogP contribution in [0.4, 0.5) is 5.69 Å². The molecule has 0 amide bonds. The fraction of sp³-hybridized carbons (Fsp3) is 0.188. The molecule has 106 valence electrons. The summed E-state index contributed by atoms with van der Waals surface area (Å²) in [5.41, 5.74) is 3.14. The number of hydrogen-bond acceptors (Lipinski definition) is 3. The number of rotatable bonds is 1. The van der Waals surface area contributed by atoms with Crippen LogP contribution in [-0.4, -0.2) is 16.1 Å². The normalized spacial score (nSPS) is 17.1. The molecule has 1 aliphatic rings. The first-order valence-corrected chi connectivity index (χ1v) is 7.63. The second-order valence-corrected chi connectivity index (χ2v) is 6.06. The van der Waals surface area contributed by atoms with Crippen molar-refractivity contribution in [2.75, 3.05) is 11.9 Å². The number of hydrogen-bond donors (Lipinski definition) is 1. The fourth-order valence-corrected chi connectivity index (χ4v) is 3.10. The molecule has 1 N–H and O–H groups in total. The van der Waals surface area contributed by atoms with Crippen LogP contribution >= 0.6 is 15.9 Å². The standard InChI is InChI=1S/C16H14BrN3O/c1-20-13-5-3-2-4-11(13)19-16(20)15-9-18-12-8-10(17)6-7-14(12)21-15/h2-8,15,18H,9H2,1H3. The topological polar surface area (TPSA) is 39.1 Å². The first kappa shape index (κ1) is 12.7. The van der Waals surface area contributed by atoms with Crippen molar-refractivity contribution in [2.45, 2.75) is 6.10 Å². The highest BCUT2D eigenvalue weighted by atomic mass is 79.9. The van der Waals surface area contributed by atoms with Gasteiger partial charge in [0.1, 0.15) is 5.75 Å². The SMILES string of the molecule is Cn1c(C2CNc3cc(Br)ccc3O2)nc2ccccc21. The molecule has 21 heavy (non-hydrogen) atoms. The molecule has 0 fully saturated rings. The summed E-state index contributed by atoms with van der Waals surface area (Å²) in [6.07, 6.45) is -0.0870.